The standard InChI is InChI=1S/C19H14BrN3O8S/c1-2-30-19(25)18-16(11-17(24)22(21-18)14-5-3-4-12(20)10-14)31-32(28,29)15-8-6-13(7-9-15)23(26)27/h3-11H,2H2,1H3. The average Bonchev–Trinajstić information content (AvgIpc) is 2.73. The quantitative estimate of drug-likeness (QED) is 0.197. The van der Waals surface area contributed by atoms with Gasteiger partial charge in [0.2, 0.25) is 5.69 Å². The van der Waals surface area contributed by atoms with E-state index in [2.05, 4.69) is 21.0 Å². The Bertz CT molecular complexity index is 1350. The molecule has 1 heterocycles. The van der Waals surface area contributed by atoms with Crippen molar-refractivity contribution in [1.82, 2.24) is 9.78 Å². The van der Waals surface area contributed by atoms with E-state index >= 15 is 0 Å². The normalized spacial score (nSPS) is 11.1. The van der Waals surface area contributed by atoms with Crippen molar-refractivity contribution < 1.29 is 27.1 Å². The van der Waals surface area contributed by atoms with Gasteiger partial charge in [-0.05, 0) is 37.3 Å². The minimum atomic E-state index is -4.55. The fourth-order valence-corrected chi connectivity index (χ4v) is 3.85. The summed E-state index contributed by atoms with van der Waals surface area (Å²) in [4.78, 5) is 34.7. The summed E-state index contributed by atoms with van der Waals surface area (Å²) in [6.45, 7) is 1.50. The van der Waals surface area contributed by atoms with Crippen LogP contribution in [-0.4, -0.2) is 35.7 Å². The van der Waals surface area contributed by atoms with E-state index in [4.69, 9.17) is 8.92 Å². The second-order valence-corrected chi connectivity index (χ2v) is 8.56. The molecule has 0 N–H and O–H groups in total. The molecular weight excluding hydrogens is 510 g/mol. The van der Waals surface area contributed by atoms with Crippen LogP contribution >= 0.6 is 15.9 Å². The summed E-state index contributed by atoms with van der Waals surface area (Å²) in [5, 5.41) is 14.7. The van der Waals surface area contributed by atoms with Gasteiger partial charge in [-0.1, -0.05) is 22.0 Å². The predicted molar refractivity (Wildman–Crippen MR) is 114 cm³/mol. The maximum absolute atomic E-state index is 12.6. The van der Waals surface area contributed by atoms with Crippen LogP contribution in [0.5, 0.6) is 5.75 Å². The summed E-state index contributed by atoms with van der Waals surface area (Å²) in [5.74, 6) is -1.65. The number of halogens is 1. The molecule has 166 valence electrons. The Morgan fingerprint density at radius 3 is 2.47 bits per heavy atom. The van der Waals surface area contributed by atoms with Gasteiger partial charge in [0.15, 0.2) is 5.75 Å². The Balaban J connectivity index is 2.08. The molecule has 0 amide bonds. The van der Waals surface area contributed by atoms with Gasteiger partial charge in [0.05, 0.1) is 23.3 Å². The molecule has 0 saturated carbocycles. The molecular formula is C19H14BrN3O8S. The first-order valence-electron chi connectivity index (χ1n) is 8.89. The first kappa shape index (κ1) is 23.1. The zero-order chi connectivity index (χ0) is 23.5. The molecule has 0 aliphatic heterocycles. The van der Waals surface area contributed by atoms with E-state index in [0.29, 0.717) is 10.2 Å². The molecule has 0 fully saturated rings. The van der Waals surface area contributed by atoms with E-state index in [1.165, 1.54) is 6.92 Å². The molecule has 3 aromatic rings. The number of non-ortho nitro benzene ring substituents is 1. The summed E-state index contributed by atoms with van der Waals surface area (Å²) in [7, 11) is -4.55. The van der Waals surface area contributed by atoms with Crippen LogP contribution in [0.4, 0.5) is 5.69 Å². The van der Waals surface area contributed by atoms with Crippen LogP contribution in [0.1, 0.15) is 17.4 Å². The van der Waals surface area contributed by atoms with Crippen LogP contribution in [0.3, 0.4) is 0 Å². The van der Waals surface area contributed by atoms with Gasteiger partial charge in [-0.15, -0.1) is 0 Å². The van der Waals surface area contributed by atoms with E-state index in [9.17, 15) is 28.1 Å². The van der Waals surface area contributed by atoms with E-state index in [1.54, 1.807) is 24.3 Å². The molecule has 0 atom stereocenters. The predicted octanol–water partition coefficient (Wildman–Crippen LogP) is 2.85. The Hall–Kier alpha value is -3.58. The first-order chi connectivity index (χ1) is 15.1. The third-order valence-electron chi connectivity index (χ3n) is 3.95. The molecule has 0 radical (unpaired) electrons. The van der Waals surface area contributed by atoms with Gasteiger partial charge in [-0.25, -0.2) is 4.79 Å². The van der Waals surface area contributed by atoms with Crippen LogP contribution in [-0.2, 0) is 14.9 Å². The third kappa shape index (κ3) is 5.00. The SMILES string of the molecule is CCOC(=O)c1nn(-c2cccc(Br)c2)c(=O)cc1OS(=O)(=O)c1ccc([N+](=O)[O-])cc1. The molecule has 13 heteroatoms. The minimum absolute atomic E-state index is 0.0366. The van der Waals surface area contributed by atoms with Crippen molar-refractivity contribution in [2.75, 3.05) is 6.61 Å². The number of nitro benzene ring substituents is 1. The zero-order valence-electron chi connectivity index (χ0n) is 16.3. The molecule has 32 heavy (non-hydrogen) atoms. The topological polar surface area (TPSA) is 148 Å². The molecule has 3 rings (SSSR count). The molecule has 2 aromatic carbocycles. The summed E-state index contributed by atoms with van der Waals surface area (Å²) in [5.41, 5.74) is -1.34. The number of benzene rings is 2. The molecule has 0 aliphatic rings. The van der Waals surface area contributed by atoms with Gasteiger partial charge in [-0.3, -0.25) is 14.9 Å². The van der Waals surface area contributed by atoms with Crippen molar-refractivity contribution in [3.8, 4) is 11.4 Å². The zero-order valence-corrected chi connectivity index (χ0v) is 18.7. The van der Waals surface area contributed by atoms with Gasteiger partial charge < -0.3 is 8.92 Å². The lowest BCUT2D eigenvalue weighted by atomic mass is 10.3. The van der Waals surface area contributed by atoms with E-state index in [-0.39, 0.29) is 12.3 Å². The van der Waals surface area contributed by atoms with Gasteiger partial charge in [0.25, 0.3) is 11.2 Å². The minimum Gasteiger partial charge on any atom is -0.461 e. The highest BCUT2D eigenvalue weighted by Crippen LogP contribution is 2.23. The fraction of sp³-hybridized carbons (Fsp3) is 0.105. The molecule has 0 spiro atoms. The highest BCUT2D eigenvalue weighted by Gasteiger charge is 2.26. The fourth-order valence-electron chi connectivity index (χ4n) is 2.54. The monoisotopic (exact) mass is 523 g/mol. The largest absolute Gasteiger partial charge is 0.461 e. The molecule has 0 aliphatic carbocycles. The number of aromatic nitrogens is 2. The van der Waals surface area contributed by atoms with Crippen LogP contribution < -0.4 is 9.74 Å². The van der Waals surface area contributed by atoms with Crippen LogP contribution in [0.15, 0.2) is 68.8 Å². The van der Waals surface area contributed by atoms with Crippen molar-refractivity contribution in [3.05, 3.63) is 85.2 Å². The average molecular weight is 524 g/mol. The van der Waals surface area contributed by atoms with Crippen LogP contribution in [0.25, 0.3) is 5.69 Å². The Labute approximate surface area is 189 Å². The Morgan fingerprint density at radius 2 is 1.88 bits per heavy atom. The van der Waals surface area contributed by atoms with E-state index in [1.807, 2.05) is 0 Å². The van der Waals surface area contributed by atoms with Gasteiger partial charge >= 0.3 is 16.1 Å². The lowest BCUT2D eigenvalue weighted by Gasteiger charge is -2.12. The molecule has 1 aromatic heterocycles. The van der Waals surface area contributed by atoms with Crippen molar-refractivity contribution >= 4 is 37.7 Å². The van der Waals surface area contributed by atoms with E-state index < -0.39 is 42.9 Å². The summed E-state index contributed by atoms with van der Waals surface area (Å²) in [6, 6.07) is 11.2. The number of ether oxygens (including phenoxy) is 1. The number of hydrogen-bond acceptors (Lipinski definition) is 9. The summed E-state index contributed by atoms with van der Waals surface area (Å²) < 4.78 is 36.7. The van der Waals surface area contributed by atoms with Crippen LogP contribution in [0.2, 0.25) is 0 Å². The Morgan fingerprint density at radius 1 is 1.19 bits per heavy atom. The van der Waals surface area contributed by atoms with Gasteiger partial charge in [0.1, 0.15) is 4.90 Å². The molecule has 0 bridgehead atoms. The van der Waals surface area contributed by atoms with Gasteiger partial charge in [-0.2, -0.15) is 18.2 Å². The highest BCUT2D eigenvalue weighted by molar-refractivity contribution is 9.10. The maximum atomic E-state index is 12.6. The Kier molecular flexibility index (Phi) is 6.69. The third-order valence-corrected chi connectivity index (χ3v) is 5.70. The van der Waals surface area contributed by atoms with Crippen LogP contribution in [0, 0.1) is 10.1 Å². The molecule has 0 saturated heterocycles. The number of carbonyl (C=O) groups is 1. The number of hydrogen-bond donors (Lipinski definition) is 0. The lowest BCUT2D eigenvalue weighted by Crippen LogP contribution is -2.26. The number of esters is 1. The highest BCUT2D eigenvalue weighted by atomic mass is 79.9. The first-order valence-corrected chi connectivity index (χ1v) is 11.1. The number of nitrogens with zero attached hydrogens (tertiary/aromatic N) is 3. The second kappa shape index (κ2) is 9.28. The molecule has 0 unspecified atom stereocenters. The number of carbonyl (C=O) groups excluding carboxylic acids is 1. The van der Waals surface area contributed by atoms with Crippen molar-refractivity contribution in [3.63, 3.8) is 0 Å². The smallest absolute Gasteiger partial charge is 0.362 e. The van der Waals surface area contributed by atoms with Gasteiger partial charge in [0, 0.05) is 16.6 Å². The summed E-state index contributed by atoms with van der Waals surface area (Å²) >= 11 is 3.27. The van der Waals surface area contributed by atoms with Crippen molar-refractivity contribution in [2.45, 2.75) is 11.8 Å². The molecule has 11 nitrogen and oxygen atoms in total. The van der Waals surface area contributed by atoms with Crippen molar-refractivity contribution in [1.29, 1.82) is 0 Å². The van der Waals surface area contributed by atoms with Crippen molar-refractivity contribution in [2.24, 2.45) is 0 Å². The summed E-state index contributed by atoms with van der Waals surface area (Å²) in [6.07, 6.45) is 0. The number of nitro groups is 1. The van der Waals surface area contributed by atoms with E-state index in [0.717, 1.165) is 35.0 Å². The number of rotatable bonds is 7. The second-order valence-electron chi connectivity index (χ2n) is 6.10. The maximum Gasteiger partial charge on any atom is 0.362 e. The lowest BCUT2D eigenvalue weighted by molar-refractivity contribution is -0.384.